The minimum atomic E-state index is -4.44. The topological polar surface area (TPSA) is 75.5 Å². The normalized spacial score (nSPS) is 12.1. The van der Waals surface area contributed by atoms with Gasteiger partial charge in [-0.15, -0.1) is 0 Å². The van der Waals surface area contributed by atoms with Crippen molar-refractivity contribution in [3.8, 4) is 5.69 Å². The molecule has 184 valence electrons. The Hall–Kier alpha value is -3.88. The van der Waals surface area contributed by atoms with Gasteiger partial charge in [-0.3, -0.25) is 9.59 Å². The summed E-state index contributed by atoms with van der Waals surface area (Å²) in [6, 6.07) is 13.3. The summed E-state index contributed by atoms with van der Waals surface area (Å²) in [6.45, 7) is 8.91. The smallest absolute Gasteiger partial charge is 0.326 e. The summed E-state index contributed by atoms with van der Waals surface area (Å²) in [6.07, 6.45) is -3.00. The van der Waals surface area contributed by atoms with Crippen LogP contribution >= 0.6 is 0 Å². The van der Waals surface area contributed by atoms with Crippen LogP contribution in [0.15, 0.2) is 59.7 Å². The molecule has 0 atom stereocenters. The molecule has 0 saturated carbocycles. The highest BCUT2D eigenvalue weighted by Crippen LogP contribution is 2.31. The van der Waals surface area contributed by atoms with Crippen LogP contribution in [0.3, 0.4) is 0 Å². The molecule has 3 rings (SSSR count). The summed E-state index contributed by atoms with van der Waals surface area (Å²) < 4.78 is 41.1. The van der Waals surface area contributed by atoms with E-state index in [0.717, 1.165) is 17.8 Å². The first-order valence-electron chi connectivity index (χ1n) is 10.9. The third kappa shape index (κ3) is 6.17. The Labute approximate surface area is 201 Å². The first-order chi connectivity index (χ1) is 16.3. The lowest BCUT2D eigenvalue weighted by Crippen LogP contribution is -2.27. The Morgan fingerprint density at radius 2 is 1.66 bits per heavy atom. The molecule has 9 heteroatoms. The number of hydrogen-bond acceptors (Lipinski definition) is 3. The van der Waals surface area contributed by atoms with Crippen molar-refractivity contribution in [3.63, 3.8) is 0 Å². The molecule has 1 heterocycles. The van der Waals surface area contributed by atoms with E-state index in [9.17, 15) is 22.8 Å². The van der Waals surface area contributed by atoms with E-state index in [4.69, 9.17) is 0 Å². The number of nitrogens with zero attached hydrogens (tertiary/aromatic N) is 2. The largest absolute Gasteiger partial charge is 0.416 e. The van der Waals surface area contributed by atoms with E-state index in [0.29, 0.717) is 28.2 Å². The zero-order valence-electron chi connectivity index (χ0n) is 20.1. The molecule has 2 N–H and O–H groups in total. The Bertz CT molecular complexity index is 1280. The molecule has 0 spiro atoms. The summed E-state index contributed by atoms with van der Waals surface area (Å²) in [4.78, 5) is 24.7. The fraction of sp³-hybridized carbons (Fsp3) is 0.269. The van der Waals surface area contributed by atoms with E-state index < -0.39 is 23.1 Å². The van der Waals surface area contributed by atoms with E-state index in [2.05, 4.69) is 15.8 Å². The number of carbonyl (C=O) groups excluding carboxylic acids is 2. The van der Waals surface area contributed by atoms with E-state index in [-0.39, 0.29) is 5.91 Å². The Morgan fingerprint density at radius 3 is 2.31 bits per heavy atom. The Morgan fingerprint density at radius 1 is 0.971 bits per heavy atom. The van der Waals surface area contributed by atoms with Crippen LogP contribution in [0.2, 0.25) is 0 Å². The molecule has 0 bridgehead atoms. The van der Waals surface area contributed by atoms with Crippen LogP contribution in [0.1, 0.15) is 53.6 Å². The monoisotopic (exact) mass is 484 g/mol. The first-order valence-corrected chi connectivity index (χ1v) is 10.9. The first kappa shape index (κ1) is 25.7. The number of aryl methyl sites for hydroxylation is 1. The van der Waals surface area contributed by atoms with Gasteiger partial charge in [0.1, 0.15) is 0 Å². The second-order valence-corrected chi connectivity index (χ2v) is 9.19. The molecule has 2 aromatic carbocycles. The van der Waals surface area contributed by atoms with Gasteiger partial charge in [0, 0.05) is 39.3 Å². The lowest BCUT2D eigenvalue weighted by Gasteiger charge is -2.17. The molecular formula is C26H27F3N4O2. The second kappa shape index (κ2) is 9.77. The van der Waals surface area contributed by atoms with Crippen LogP contribution < -0.4 is 10.7 Å². The molecule has 0 aliphatic heterocycles. The second-order valence-electron chi connectivity index (χ2n) is 9.19. The summed E-state index contributed by atoms with van der Waals surface area (Å²) in [7, 11) is 0. The molecule has 6 nitrogen and oxygen atoms in total. The standard InChI is InChI=1S/C26H27F3N4O2/c1-16-12-19(17(2)33(16)22-11-7-9-20(14-22)26(27,28)29)15-30-32-23(34)18-8-6-10-21(13-18)31-24(35)25(3,4)5/h6-15H,1-5H3,(H,31,35)(H,32,34). The van der Waals surface area contributed by atoms with Gasteiger partial charge in [-0.25, -0.2) is 5.43 Å². The predicted molar refractivity (Wildman–Crippen MR) is 130 cm³/mol. The number of rotatable bonds is 5. The number of amides is 2. The lowest BCUT2D eigenvalue weighted by molar-refractivity contribution is -0.137. The van der Waals surface area contributed by atoms with Gasteiger partial charge in [0.25, 0.3) is 5.91 Å². The number of hydrogen-bond donors (Lipinski definition) is 2. The molecule has 1 aromatic heterocycles. The van der Waals surface area contributed by atoms with Gasteiger partial charge in [0.05, 0.1) is 11.8 Å². The van der Waals surface area contributed by atoms with Gasteiger partial charge in [0.2, 0.25) is 5.91 Å². The SMILES string of the molecule is Cc1cc(C=NNC(=O)c2cccc(NC(=O)C(C)(C)C)c2)c(C)n1-c1cccc(C(F)(F)F)c1. The van der Waals surface area contributed by atoms with Crippen molar-refractivity contribution in [1.82, 2.24) is 9.99 Å². The number of halogens is 3. The summed E-state index contributed by atoms with van der Waals surface area (Å²) in [5.41, 5.74) is 4.35. The number of nitrogens with one attached hydrogen (secondary N) is 2. The highest BCUT2D eigenvalue weighted by atomic mass is 19.4. The summed E-state index contributed by atoms with van der Waals surface area (Å²) in [5.74, 6) is -0.649. The summed E-state index contributed by atoms with van der Waals surface area (Å²) >= 11 is 0. The molecule has 3 aromatic rings. The Kier molecular flexibility index (Phi) is 7.19. The maximum Gasteiger partial charge on any atom is 0.416 e. The third-order valence-corrected chi connectivity index (χ3v) is 5.34. The van der Waals surface area contributed by atoms with Crippen LogP contribution in [0.5, 0.6) is 0 Å². The van der Waals surface area contributed by atoms with Crippen molar-refractivity contribution >= 4 is 23.7 Å². The molecule has 0 saturated heterocycles. The van der Waals surface area contributed by atoms with Crippen LogP contribution in [0.4, 0.5) is 18.9 Å². The van der Waals surface area contributed by atoms with Gasteiger partial charge in [-0.1, -0.05) is 32.9 Å². The van der Waals surface area contributed by atoms with Crippen LogP contribution in [-0.2, 0) is 11.0 Å². The van der Waals surface area contributed by atoms with Crippen molar-refractivity contribution in [2.75, 3.05) is 5.32 Å². The molecular weight excluding hydrogens is 457 g/mol. The number of aromatic nitrogens is 1. The average Bonchev–Trinajstić information content (AvgIpc) is 3.05. The van der Waals surface area contributed by atoms with Crippen LogP contribution in [-0.4, -0.2) is 22.6 Å². The quantitative estimate of drug-likeness (QED) is 0.352. The minimum absolute atomic E-state index is 0.177. The number of carbonyl (C=O) groups is 2. The maximum atomic E-state index is 13.1. The van der Waals surface area contributed by atoms with Crippen LogP contribution in [0.25, 0.3) is 5.69 Å². The van der Waals surface area contributed by atoms with Crippen molar-refractivity contribution < 1.29 is 22.8 Å². The molecule has 0 aliphatic rings. The molecule has 0 aliphatic carbocycles. The fourth-order valence-electron chi connectivity index (χ4n) is 3.42. The third-order valence-electron chi connectivity index (χ3n) is 5.34. The van der Waals surface area contributed by atoms with E-state index >= 15 is 0 Å². The highest BCUT2D eigenvalue weighted by molar-refractivity contribution is 5.98. The van der Waals surface area contributed by atoms with Crippen molar-refractivity contribution in [2.45, 2.75) is 40.8 Å². The number of alkyl halides is 3. The molecule has 0 unspecified atom stereocenters. The fourth-order valence-corrected chi connectivity index (χ4v) is 3.42. The molecule has 2 amide bonds. The lowest BCUT2D eigenvalue weighted by atomic mass is 9.95. The number of anilines is 1. The zero-order chi connectivity index (χ0) is 26.0. The molecule has 35 heavy (non-hydrogen) atoms. The van der Waals surface area contributed by atoms with E-state index in [1.807, 2.05) is 0 Å². The van der Waals surface area contributed by atoms with Gasteiger partial charge in [0.15, 0.2) is 0 Å². The van der Waals surface area contributed by atoms with Gasteiger partial charge < -0.3 is 9.88 Å². The van der Waals surface area contributed by atoms with Crippen molar-refractivity contribution in [2.24, 2.45) is 10.5 Å². The minimum Gasteiger partial charge on any atom is -0.326 e. The number of benzene rings is 2. The van der Waals surface area contributed by atoms with Gasteiger partial charge in [-0.2, -0.15) is 18.3 Å². The molecule has 0 fully saturated rings. The number of hydrazone groups is 1. The van der Waals surface area contributed by atoms with Gasteiger partial charge in [-0.05, 0) is 56.3 Å². The maximum absolute atomic E-state index is 13.1. The van der Waals surface area contributed by atoms with E-state index in [1.165, 1.54) is 12.3 Å². The Balaban J connectivity index is 1.75. The van der Waals surface area contributed by atoms with Crippen molar-refractivity contribution in [1.29, 1.82) is 0 Å². The van der Waals surface area contributed by atoms with Crippen LogP contribution in [0, 0.1) is 19.3 Å². The van der Waals surface area contributed by atoms with Gasteiger partial charge >= 0.3 is 6.18 Å². The highest BCUT2D eigenvalue weighted by Gasteiger charge is 2.30. The summed E-state index contributed by atoms with van der Waals surface area (Å²) in [5, 5.41) is 6.78. The van der Waals surface area contributed by atoms with Crippen molar-refractivity contribution in [3.05, 3.63) is 82.7 Å². The average molecular weight is 485 g/mol. The van der Waals surface area contributed by atoms with E-state index in [1.54, 1.807) is 75.6 Å². The zero-order valence-corrected chi connectivity index (χ0v) is 20.1. The molecule has 0 radical (unpaired) electrons. The predicted octanol–water partition coefficient (Wildman–Crippen LogP) is 5.86.